The minimum absolute atomic E-state index is 0.153. The van der Waals surface area contributed by atoms with Crippen molar-refractivity contribution < 1.29 is 14.3 Å². The Kier molecular flexibility index (Phi) is 6.67. The summed E-state index contributed by atoms with van der Waals surface area (Å²) in [5.74, 6) is 0. The van der Waals surface area contributed by atoms with Crippen LogP contribution in [0.15, 0.2) is 42.7 Å². The van der Waals surface area contributed by atoms with Crippen LogP contribution in [0.1, 0.15) is 45.2 Å². The maximum atomic E-state index is 12.1. The van der Waals surface area contributed by atoms with E-state index in [2.05, 4.69) is 10.6 Å². The first-order valence-corrected chi connectivity index (χ1v) is 8.50. The van der Waals surface area contributed by atoms with Gasteiger partial charge in [0.25, 0.3) is 0 Å². The van der Waals surface area contributed by atoms with Crippen molar-refractivity contribution in [2.75, 3.05) is 13.1 Å². The van der Waals surface area contributed by atoms with Crippen LogP contribution in [0.4, 0.5) is 4.79 Å². The van der Waals surface area contributed by atoms with Crippen LogP contribution in [0.2, 0.25) is 0 Å². The van der Waals surface area contributed by atoms with E-state index in [1.165, 1.54) is 0 Å². The minimum Gasteiger partial charge on any atom is -0.497 e. The van der Waals surface area contributed by atoms with E-state index >= 15 is 0 Å². The number of carbonyl (C=O) groups is 1. The first-order chi connectivity index (χ1) is 11.4. The molecule has 0 saturated carbocycles. The van der Waals surface area contributed by atoms with Crippen molar-refractivity contribution in [2.45, 2.75) is 51.4 Å². The molecule has 1 aromatic rings. The molecule has 1 aliphatic heterocycles. The van der Waals surface area contributed by atoms with Crippen molar-refractivity contribution in [1.82, 2.24) is 10.6 Å². The number of amides is 1. The molecule has 132 valence electrons. The second kappa shape index (κ2) is 8.73. The van der Waals surface area contributed by atoms with Gasteiger partial charge in [0.15, 0.2) is 0 Å². The Morgan fingerprint density at radius 1 is 1.33 bits per heavy atom. The number of rotatable bonds is 6. The highest BCUT2D eigenvalue weighted by Gasteiger charge is 2.21. The van der Waals surface area contributed by atoms with E-state index in [9.17, 15) is 4.79 Å². The third-order valence-electron chi connectivity index (χ3n) is 3.64. The number of alkyl carbamates (subject to hydrolysis) is 1. The Labute approximate surface area is 144 Å². The third kappa shape index (κ3) is 6.62. The molecular weight excluding hydrogens is 304 g/mol. The zero-order chi connectivity index (χ0) is 17.4. The van der Waals surface area contributed by atoms with Crippen molar-refractivity contribution in [3.8, 4) is 0 Å². The Hall–Kier alpha value is -2.01. The van der Waals surface area contributed by atoms with Gasteiger partial charge in [0, 0.05) is 13.1 Å². The van der Waals surface area contributed by atoms with Crippen LogP contribution in [-0.4, -0.2) is 30.9 Å². The first-order valence-electron chi connectivity index (χ1n) is 8.50. The molecule has 0 bridgehead atoms. The average molecular weight is 332 g/mol. The molecule has 0 fully saturated rings. The predicted octanol–water partition coefficient (Wildman–Crippen LogP) is 3.53. The van der Waals surface area contributed by atoms with Crippen molar-refractivity contribution >= 4 is 6.09 Å². The van der Waals surface area contributed by atoms with Gasteiger partial charge in [-0.15, -0.1) is 0 Å². The number of carbonyl (C=O) groups excluding carboxylic acids is 1. The average Bonchev–Trinajstić information content (AvgIpc) is 2.54. The molecule has 5 heteroatoms. The molecule has 2 atom stereocenters. The van der Waals surface area contributed by atoms with E-state index in [0.29, 0.717) is 6.54 Å². The summed E-state index contributed by atoms with van der Waals surface area (Å²) in [5, 5.41) is 6.34. The predicted molar refractivity (Wildman–Crippen MR) is 94.7 cm³/mol. The molecule has 2 rings (SSSR count). The van der Waals surface area contributed by atoms with E-state index in [-0.39, 0.29) is 12.1 Å². The van der Waals surface area contributed by atoms with Crippen LogP contribution < -0.4 is 10.6 Å². The van der Waals surface area contributed by atoms with Gasteiger partial charge >= 0.3 is 6.09 Å². The highest BCUT2D eigenvalue weighted by molar-refractivity contribution is 5.68. The maximum Gasteiger partial charge on any atom is 0.408 e. The van der Waals surface area contributed by atoms with Gasteiger partial charge in [-0.2, -0.15) is 0 Å². The number of ether oxygens (including phenoxy) is 2. The smallest absolute Gasteiger partial charge is 0.408 e. The zero-order valence-electron chi connectivity index (χ0n) is 14.7. The van der Waals surface area contributed by atoms with Gasteiger partial charge in [0.05, 0.1) is 12.3 Å². The lowest BCUT2D eigenvalue weighted by Crippen LogP contribution is -2.40. The van der Waals surface area contributed by atoms with Crippen LogP contribution >= 0.6 is 0 Å². The second-order valence-corrected chi connectivity index (χ2v) is 6.97. The third-order valence-corrected chi connectivity index (χ3v) is 3.64. The SMILES string of the molecule is CC(C)(C)OC(=O)NC(CNCC1CCC=CO1)c1ccccc1. The zero-order valence-corrected chi connectivity index (χ0v) is 14.7. The van der Waals surface area contributed by atoms with Gasteiger partial charge in [-0.3, -0.25) is 0 Å². The molecule has 0 spiro atoms. The fourth-order valence-corrected chi connectivity index (χ4v) is 2.51. The molecule has 1 amide bonds. The lowest BCUT2D eigenvalue weighted by atomic mass is 10.1. The van der Waals surface area contributed by atoms with Crippen molar-refractivity contribution in [2.24, 2.45) is 0 Å². The minimum atomic E-state index is -0.513. The Bertz CT molecular complexity index is 537. The summed E-state index contributed by atoms with van der Waals surface area (Å²) in [7, 11) is 0. The molecule has 0 saturated heterocycles. The molecule has 0 aromatic heterocycles. The molecule has 1 aromatic carbocycles. The molecule has 1 heterocycles. The van der Waals surface area contributed by atoms with E-state index in [1.807, 2.05) is 57.2 Å². The Morgan fingerprint density at radius 3 is 2.71 bits per heavy atom. The van der Waals surface area contributed by atoms with Crippen molar-refractivity contribution in [3.05, 3.63) is 48.2 Å². The summed E-state index contributed by atoms with van der Waals surface area (Å²) in [6.07, 6.45) is 5.64. The molecular formula is C19H28N2O3. The molecule has 0 radical (unpaired) electrons. The van der Waals surface area contributed by atoms with Crippen molar-refractivity contribution in [3.63, 3.8) is 0 Å². The van der Waals surface area contributed by atoms with Gasteiger partial charge in [-0.05, 0) is 45.3 Å². The molecule has 24 heavy (non-hydrogen) atoms. The first kappa shape index (κ1) is 18.3. The van der Waals surface area contributed by atoms with E-state index in [1.54, 1.807) is 6.26 Å². The van der Waals surface area contributed by atoms with Gasteiger partial charge in [-0.1, -0.05) is 30.3 Å². The molecule has 5 nitrogen and oxygen atoms in total. The fraction of sp³-hybridized carbons (Fsp3) is 0.526. The summed E-state index contributed by atoms with van der Waals surface area (Å²) >= 11 is 0. The number of hydrogen-bond acceptors (Lipinski definition) is 4. The second-order valence-electron chi connectivity index (χ2n) is 6.97. The molecule has 1 aliphatic rings. The summed E-state index contributed by atoms with van der Waals surface area (Å²) in [6.45, 7) is 6.94. The van der Waals surface area contributed by atoms with Crippen LogP contribution in [0.5, 0.6) is 0 Å². The molecule has 0 aliphatic carbocycles. The Morgan fingerprint density at radius 2 is 2.08 bits per heavy atom. The standard InChI is InChI=1S/C19H28N2O3/c1-19(2,3)24-18(22)21-17(15-9-5-4-6-10-15)14-20-13-16-11-7-8-12-23-16/h4-6,8-10,12,16-17,20H,7,11,13-14H2,1-3H3,(H,21,22). The van der Waals surface area contributed by atoms with Gasteiger partial charge < -0.3 is 20.1 Å². The van der Waals surface area contributed by atoms with Gasteiger partial charge in [0.1, 0.15) is 11.7 Å². The lowest BCUT2D eigenvalue weighted by Gasteiger charge is -2.25. The number of allylic oxidation sites excluding steroid dienone is 1. The van der Waals surface area contributed by atoms with Gasteiger partial charge in [-0.25, -0.2) is 4.79 Å². The van der Waals surface area contributed by atoms with E-state index < -0.39 is 11.7 Å². The van der Waals surface area contributed by atoms with Crippen LogP contribution in [0.25, 0.3) is 0 Å². The van der Waals surface area contributed by atoms with E-state index in [0.717, 1.165) is 24.9 Å². The summed E-state index contributed by atoms with van der Waals surface area (Å²) < 4.78 is 10.9. The van der Waals surface area contributed by atoms with E-state index in [4.69, 9.17) is 9.47 Å². The lowest BCUT2D eigenvalue weighted by molar-refractivity contribution is 0.0501. The van der Waals surface area contributed by atoms with Crippen LogP contribution in [0.3, 0.4) is 0 Å². The number of benzene rings is 1. The Balaban J connectivity index is 1.90. The van der Waals surface area contributed by atoms with Crippen LogP contribution in [-0.2, 0) is 9.47 Å². The molecule has 2 N–H and O–H groups in total. The highest BCUT2D eigenvalue weighted by Crippen LogP contribution is 2.15. The summed E-state index contributed by atoms with van der Waals surface area (Å²) in [4.78, 5) is 12.1. The quantitative estimate of drug-likeness (QED) is 0.836. The number of nitrogens with one attached hydrogen (secondary N) is 2. The summed E-state index contributed by atoms with van der Waals surface area (Å²) in [5.41, 5.74) is 0.529. The topological polar surface area (TPSA) is 59.6 Å². The van der Waals surface area contributed by atoms with Gasteiger partial charge in [0.2, 0.25) is 0 Å². The molecule has 2 unspecified atom stereocenters. The monoisotopic (exact) mass is 332 g/mol. The summed E-state index contributed by atoms with van der Waals surface area (Å²) in [6, 6.07) is 9.75. The normalized spacial score (nSPS) is 18.5. The maximum absolute atomic E-state index is 12.1. The fourth-order valence-electron chi connectivity index (χ4n) is 2.51. The number of hydrogen-bond donors (Lipinski definition) is 2. The van der Waals surface area contributed by atoms with Crippen LogP contribution in [0, 0.1) is 0 Å². The highest BCUT2D eigenvalue weighted by atomic mass is 16.6. The largest absolute Gasteiger partial charge is 0.497 e. The van der Waals surface area contributed by atoms with Crippen molar-refractivity contribution in [1.29, 1.82) is 0 Å².